The van der Waals surface area contributed by atoms with Crippen LogP contribution in [0.2, 0.25) is 0 Å². The Bertz CT molecular complexity index is 481. The minimum Gasteiger partial charge on any atom is -0.314 e. The van der Waals surface area contributed by atoms with Gasteiger partial charge >= 0.3 is 6.18 Å². The summed E-state index contributed by atoms with van der Waals surface area (Å²) in [4.78, 5) is 2.28. The molecule has 0 aliphatic carbocycles. The highest BCUT2D eigenvalue weighted by atomic mass is 35.5. The molecule has 23 heavy (non-hydrogen) atoms. The van der Waals surface area contributed by atoms with Crippen LogP contribution >= 0.6 is 24.8 Å². The predicted molar refractivity (Wildman–Crippen MR) is 92.6 cm³/mol. The summed E-state index contributed by atoms with van der Waals surface area (Å²) in [5, 5.41) is 3.29. The number of halogens is 5. The van der Waals surface area contributed by atoms with Crippen molar-refractivity contribution in [2.45, 2.75) is 33.0 Å². The summed E-state index contributed by atoms with van der Waals surface area (Å²) >= 11 is 0. The van der Waals surface area contributed by atoms with E-state index in [1.807, 2.05) is 6.07 Å². The van der Waals surface area contributed by atoms with Crippen LogP contribution in [0.25, 0.3) is 0 Å². The van der Waals surface area contributed by atoms with Crippen LogP contribution in [0.1, 0.15) is 37.9 Å². The van der Waals surface area contributed by atoms with E-state index in [0.29, 0.717) is 0 Å². The zero-order valence-electron chi connectivity index (χ0n) is 13.6. The standard InChI is InChI=1S/C16H23F3N2.2ClH/c1-15(2,3)14(21-9-7-20-8-10-21)12-5-4-6-13(11-12)16(17,18)19;;/h4-6,11,14,20H,7-10H2,1-3H3;2*1H/t14-;;/m0../s1. The molecule has 0 aromatic heterocycles. The lowest BCUT2D eigenvalue weighted by atomic mass is 9.80. The van der Waals surface area contributed by atoms with E-state index >= 15 is 0 Å². The lowest BCUT2D eigenvalue weighted by molar-refractivity contribution is -0.137. The average Bonchev–Trinajstić information content (AvgIpc) is 2.38. The fourth-order valence-corrected chi connectivity index (χ4v) is 3.08. The predicted octanol–water partition coefficient (Wildman–Crippen LogP) is 4.54. The second-order valence-electron chi connectivity index (χ2n) is 6.68. The molecule has 1 saturated heterocycles. The Balaban J connectivity index is 0.00000242. The summed E-state index contributed by atoms with van der Waals surface area (Å²) in [6.45, 7) is 9.73. The first kappa shape index (κ1) is 22.5. The molecule has 134 valence electrons. The molecule has 1 aliphatic heterocycles. The molecule has 0 bridgehead atoms. The van der Waals surface area contributed by atoms with Crippen molar-refractivity contribution in [2.75, 3.05) is 26.2 Å². The molecule has 7 heteroatoms. The highest BCUT2D eigenvalue weighted by Gasteiger charge is 2.35. The second kappa shape index (κ2) is 8.56. The number of alkyl halides is 3. The smallest absolute Gasteiger partial charge is 0.314 e. The van der Waals surface area contributed by atoms with Crippen LogP contribution in [0.15, 0.2) is 24.3 Å². The minimum absolute atomic E-state index is 0. The number of hydrogen-bond donors (Lipinski definition) is 1. The SMILES string of the molecule is CC(C)(C)[C@H](c1cccc(C(F)(F)F)c1)N1CCNCC1.Cl.Cl. The normalized spacial score (nSPS) is 17.8. The molecular weight excluding hydrogens is 348 g/mol. The maximum atomic E-state index is 12.9. The van der Waals surface area contributed by atoms with Crippen LogP contribution in [0, 0.1) is 5.41 Å². The van der Waals surface area contributed by atoms with Gasteiger partial charge in [0.25, 0.3) is 0 Å². The van der Waals surface area contributed by atoms with Gasteiger partial charge in [0.1, 0.15) is 0 Å². The average molecular weight is 373 g/mol. The third-order valence-electron chi connectivity index (χ3n) is 3.87. The Morgan fingerprint density at radius 1 is 1.04 bits per heavy atom. The molecule has 1 N–H and O–H groups in total. The van der Waals surface area contributed by atoms with Crippen LogP contribution in [-0.2, 0) is 6.18 Å². The van der Waals surface area contributed by atoms with Gasteiger partial charge < -0.3 is 5.32 Å². The van der Waals surface area contributed by atoms with Crippen molar-refractivity contribution in [3.63, 3.8) is 0 Å². The number of rotatable bonds is 2. The summed E-state index contributed by atoms with van der Waals surface area (Å²) in [5.74, 6) is 0. The van der Waals surface area contributed by atoms with Crippen molar-refractivity contribution in [3.8, 4) is 0 Å². The first-order valence-corrected chi connectivity index (χ1v) is 7.31. The van der Waals surface area contributed by atoms with Gasteiger partial charge in [-0.1, -0.05) is 32.9 Å². The van der Waals surface area contributed by atoms with Crippen LogP contribution in [0.3, 0.4) is 0 Å². The molecule has 1 aromatic carbocycles. The van der Waals surface area contributed by atoms with E-state index in [1.54, 1.807) is 0 Å². The number of benzene rings is 1. The number of hydrogen-bond acceptors (Lipinski definition) is 2. The van der Waals surface area contributed by atoms with Crippen molar-refractivity contribution in [1.29, 1.82) is 0 Å². The molecule has 1 atom stereocenters. The molecule has 0 saturated carbocycles. The van der Waals surface area contributed by atoms with E-state index in [1.165, 1.54) is 12.1 Å². The van der Waals surface area contributed by atoms with Crippen LogP contribution < -0.4 is 5.32 Å². The largest absolute Gasteiger partial charge is 0.416 e. The van der Waals surface area contributed by atoms with E-state index in [4.69, 9.17) is 0 Å². The zero-order valence-corrected chi connectivity index (χ0v) is 15.2. The molecule has 1 aromatic rings. The molecule has 1 aliphatic rings. The van der Waals surface area contributed by atoms with E-state index in [2.05, 4.69) is 31.0 Å². The van der Waals surface area contributed by atoms with E-state index in [0.717, 1.165) is 37.8 Å². The molecule has 0 unspecified atom stereocenters. The fraction of sp³-hybridized carbons (Fsp3) is 0.625. The van der Waals surface area contributed by atoms with Crippen molar-refractivity contribution in [1.82, 2.24) is 10.2 Å². The third-order valence-corrected chi connectivity index (χ3v) is 3.87. The van der Waals surface area contributed by atoms with Gasteiger partial charge in [0.15, 0.2) is 0 Å². The second-order valence-corrected chi connectivity index (χ2v) is 6.68. The zero-order chi connectivity index (χ0) is 15.7. The Labute approximate surface area is 148 Å². The van der Waals surface area contributed by atoms with Crippen molar-refractivity contribution < 1.29 is 13.2 Å². The van der Waals surface area contributed by atoms with E-state index in [9.17, 15) is 13.2 Å². The summed E-state index contributed by atoms with van der Waals surface area (Å²) in [6, 6.07) is 5.76. The highest BCUT2D eigenvalue weighted by molar-refractivity contribution is 5.85. The number of nitrogens with one attached hydrogen (secondary N) is 1. The molecule has 1 fully saturated rings. The molecule has 0 spiro atoms. The van der Waals surface area contributed by atoms with Gasteiger partial charge in [-0.3, -0.25) is 4.90 Å². The van der Waals surface area contributed by atoms with Gasteiger partial charge in [-0.05, 0) is 23.1 Å². The first-order valence-electron chi connectivity index (χ1n) is 7.31. The Morgan fingerprint density at radius 3 is 2.09 bits per heavy atom. The van der Waals surface area contributed by atoms with Gasteiger partial charge in [0, 0.05) is 32.2 Å². The fourth-order valence-electron chi connectivity index (χ4n) is 3.08. The van der Waals surface area contributed by atoms with Gasteiger partial charge in [-0.2, -0.15) is 13.2 Å². The van der Waals surface area contributed by atoms with E-state index in [-0.39, 0.29) is 36.3 Å². The maximum Gasteiger partial charge on any atom is 0.416 e. The Kier molecular flexibility index (Phi) is 8.38. The Hall–Kier alpha value is -0.490. The van der Waals surface area contributed by atoms with Crippen molar-refractivity contribution in [2.24, 2.45) is 5.41 Å². The van der Waals surface area contributed by atoms with Crippen molar-refractivity contribution >= 4 is 24.8 Å². The van der Waals surface area contributed by atoms with Crippen LogP contribution in [-0.4, -0.2) is 31.1 Å². The monoisotopic (exact) mass is 372 g/mol. The number of piperazine rings is 1. The maximum absolute atomic E-state index is 12.9. The summed E-state index contributed by atoms with van der Waals surface area (Å²) in [7, 11) is 0. The Morgan fingerprint density at radius 2 is 1.61 bits per heavy atom. The quantitative estimate of drug-likeness (QED) is 0.819. The van der Waals surface area contributed by atoms with Crippen LogP contribution in [0.5, 0.6) is 0 Å². The molecule has 2 nitrogen and oxygen atoms in total. The topological polar surface area (TPSA) is 15.3 Å². The van der Waals surface area contributed by atoms with Gasteiger partial charge in [-0.15, -0.1) is 24.8 Å². The molecule has 0 amide bonds. The molecular formula is C16H25Cl2F3N2. The highest BCUT2D eigenvalue weighted by Crippen LogP contribution is 2.40. The van der Waals surface area contributed by atoms with Gasteiger partial charge in [-0.25, -0.2) is 0 Å². The molecule has 0 radical (unpaired) electrons. The van der Waals surface area contributed by atoms with E-state index < -0.39 is 11.7 Å². The lowest BCUT2D eigenvalue weighted by Crippen LogP contribution is -2.48. The van der Waals surface area contributed by atoms with Crippen LogP contribution in [0.4, 0.5) is 13.2 Å². The molecule has 2 rings (SSSR count). The summed E-state index contributed by atoms with van der Waals surface area (Å²) < 4.78 is 38.8. The summed E-state index contributed by atoms with van der Waals surface area (Å²) in [6.07, 6.45) is -4.29. The summed E-state index contributed by atoms with van der Waals surface area (Å²) in [5.41, 5.74) is 0.0604. The minimum atomic E-state index is -4.29. The molecule has 1 heterocycles. The van der Waals surface area contributed by atoms with Gasteiger partial charge in [0.2, 0.25) is 0 Å². The number of nitrogens with zero attached hydrogens (tertiary/aromatic N) is 1. The lowest BCUT2D eigenvalue weighted by Gasteiger charge is -2.42. The van der Waals surface area contributed by atoms with Crippen molar-refractivity contribution in [3.05, 3.63) is 35.4 Å². The third kappa shape index (κ3) is 5.82. The van der Waals surface area contributed by atoms with Gasteiger partial charge in [0.05, 0.1) is 5.56 Å². The first-order chi connectivity index (χ1) is 9.69.